The molecule has 1 N–H and O–H groups in total. The van der Waals surface area contributed by atoms with Crippen LogP contribution in [0.4, 0.5) is 5.82 Å². The van der Waals surface area contributed by atoms with Crippen LogP contribution >= 0.6 is 0 Å². The number of aromatic nitrogens is 1. The molecule has 2 rings (SSSR count). The van der Waals surface area contributed by atoms with Crippen molar-refractivity contribution in [2.75, 3.05) is 37.6 Å². The van der Waals surface area contributed by atoms with Gasteiger partial charge in [0.2, 0.25) is 11.8 Å². The highest BCUT2D eigenvalue weighted by Gasteiger charge is 2.21. The van der Waals surface area contributed by atoms with Gasteiger partial charge in [0.1, 0.15) is 5.82 Å². The number of nitrogens with zero attached hydrogens (tertiary/aromatic N) is 3. The van der Waals surface area contributed by atoms with Gasteiger partial charge < -0.3 is 15.1 Å². The number of rotatable bonds is 5. The van der Waals surface area contributed by atoms with Crippen molar-refractivity contribution in [3.63, 3.8) is 0 Å². The highest BCUT2D eigenvalue weighted by molar-refractivity contribution is 5.84. The molecule has 0 unspecified atom stereocenters. The standard InChI is InChI=1S/C16H24N4O2/c1-13(2)11-15(21)18-12-16(22)20-9-7-19(8-10-20)14-5-3-4-6-17-14/h3-6,13H,7-12H2,1-2H3,(H,18,21). The van der Waals surface area contributed by atoms with Crippen molar-refractivity contribution in [3.8, 4) is 0 Å². The Hall–Kier alpha value is -2.11. The Morgan fingerprint density at radius 2 is 1.95 bits per heavy atom. The summed E-state index contributed by atoms with van der Waals surface area (Å²) in [7, 11) is 0. The van der Waals surface area contributed by atoms with E-state index in [2.05, 4.69) is 15.2 Å². The molecule has 0 radical (unpaired) electrons. The molecule has 0 aromatic carbocycles. The molecule has 1 aliphatic rings. The summed E-state index contributed by atoms with van der Waals surface area (Å²) in [6, 6.07) is 5.83. The second kappa shape index (κ2) is 7.77. The van der Waals surface area contributed by atoms with Crippen molar-refractivity contribution in [2.24, 2.45) is 5.92 Å². The second-order valence-electron chi connectivity index (χ2n) is 5.93. The van der Waals surface area contributed by atoms with Crippen LogP contribution in [0.3, 0.4) is 0 Å². The molecule has 0 saturated carbocycles. The van der Waals surface area contributed by atoms with Crippen LogP contribution in [-0.4, -0.2) is 54.4 Å². The number of carbonyl (C=O) groups is 2. The van der Waals surface area contributed by atoms with Gasteiger partial charge in [0.05, 0.1) is 6.54 Å². The van der Waals surface area contributed by atoms with Crippen LogP contribution < -0.4 is 10.2 Å². The highest BCUT2D eigenvalue weighted by Crippen LogP contribution is 2.12. The zero-order chi connectivity index (χ0) is 15.9. The van der Waals surface area contributed by atoms with E-state index >= 15 is 0 Å². The van der Waals surface area contributed by atoms with E-state index in [0.29, 0.717) is 25.4 Å². The SMILES string of the molecule is CC(C)CC(=O)NCC(=O)N1CCN(c2ccccn2)CC1. The maximum atomic E-state index is 12.1. The van der Waals surface area contributed by atoms with E-state index in [1.807, 2.05) is 32.0 Å². The fraction of sp³-hybridized carbons (Fsp3) is 0.562. The van der Waals surface area contributed by atoms with E-state index in [1.54, 1.807) is 11.1 Å². The van der Waals surface area contributed by atoms with Crippen molar-refractivity contribution in [3.05, 3.63) is 24.4 Å². The Balaban J connectivity index is 1.74. The van der Waals surface area contributed by atoms with Crippen molar-refractivity contribution in [1.82, 2.24) is 15.2 Å². The van der Waals surface area contributed by atoms with E-state index < -0.39 is 0 Å². The fourth-order valence-electron chi connectivity index (χ4n) is 2.45. The lowest BCUT2D eigenvalue weighted by atomic mass is 10.1. The molecule has 0 spiro atoms. The Labute approximate surface area is 131 Å². The molecule has 1 saturated heterocycles. The number of hydrogen-bond acceptors (Lipinski definition) is 4. The van der Waals surface area contributed by atoms with Gasteiger partial charge in [-0.2, -0.15) is 0 Å². The Morgan fingerprint density at radius 3 is 2.55 bits per heavy atom. The third-order valence-corrected chi connectivity index (χ3v) is 3.64. The largest absolute Gasteiger partial charge is 0.353 e. The van der Waals surface area contributed by atoms with E-state index in [-0.39, 0.29) is 18.4 Å². The van der Waals surface area contributed by atoms with E-state index in [4.69, 9.17) is 0 Å². The summed E-state index contributed by atoms with van der Waals surface area (Å²) in [5.41, 5.74) is 0. The van der Waals surface area contributed by atoms with Crippen LogP contribution in [0.1, 0.15) is 20.3 Å². The molecule has 6 nitrogen and oxygen atoms in total. The molecule has 1 aliphatic heterocycles. The molecule has 0 bridgehead atoms. The maximum Gasteiger partial charge on any atom is 0.242 e. The molecule has 0 aliphatic carbocycles. The summed E-state index contributed by atoms with van der Waals surface area (Å²) >= 11 is 0. The van der Waals surface area contributed by atoms with E-state index in [0.717, 1.165) is 18.9 Å². The zero-order valence-electron chi connectivity index (χ0n) is 13.3. The summed E-state index contributed by atoms with van der Waals surface area (Å²) in [6.07, 6.45) is 2.23. The van der Waals surface area contributed by atoms with Crippen LogP contribution in [0.5, 0.6) is 0 Å². The van der Waals surface area contributed by atoms with E-state index in [9.17, 15) is 9.59 Å². The van der Waals surface area contributed by atoms with Gasteiger partial charge in [-0.25, -0.2) is 4.98 Å². The van der Waals surface area contributed by atoms with Crippen molar-refractivity contribution in [2.45, 2.75) is 20.3 Å². The molecule has 120 valence electrons. The van der Waals surface area contributed by atoms with Gasteiger partial charge in [-0.1, -0.05) is 19.9 Å². The molecule has 1 fully saturated rings. The molecule has 0 atom stereocenters. The summed E-state index contributed by atoms with van der Waals surface area (Å²) < 4.78 is 0. The molecule has 1 aromatic rings. The lowest BCUT2D eigenvalue weighted by molar-refractivity contribution is -0.133. The Kier molecular flexibility index (Phi) is 5.75. The van der Waals surface area contributed by atoms with Gasteiger partial charge in [0.15, 0.2) is 0 Å². The lowest BCUT2D eigenvalue weighted by Crippen LogP contribution is -2.51. The summed E-state index contributed by atoms with van der Waals surface area (Å²) in [6.45, 7) is 6.92. The van der Waals surface area contributed by atoms with Gasteiger partial charge in [0, 0.05) is 38.8 Å². The van der Waals surface area contributed by atoms with Gasteiger partial charge >= 0.3 is 0 Å². The number of pyridine rings is 1. The maximum absolute atomic E-state index is 12.1. The lowest BCUT2D eigenvalue weighted by Gasteiger charge is -2.35. The first-order valence-electron chi connectivity index (χ1n) is 7.76. The van der Waals surface area contributed by atoms with Crippen molar-refractivity contribution < 1.29 is 9.59 Å². The summed E-state index contributed by atoms with van der Waals surface area (Å²) in [4.78, 5) is 32.0. The number of anilines is 1. The predicted octanol–water partition coefficient (Wildman–Crippen LogP) is 0.892. The molecule has 6 heteroatoms. The Bertz CT molecular complexity index is 496. The third kappa shape index (κ3) is 4.72. The van der Waals surface area contributed by atoms with Crippen LogP contribution in [0.15, 0.2) is 24.4 Å². The number of amides is 2. The number of nitrogens with one attached hydrogen (secondary N) is 1. The van der Waals surface area contributed by atoms with Crippen LogP contribution in [0, 0.1) is 5.92 Å². The van der Waals surface area contributed by atoms with Crippen LogP contribution in [0.2, 0.25) is 0 Å². The molecular weight excluding hydrogens is 280 g/mol. The predicted molar refractivity (Wildman–Crippen MR) is 85.5 cm³/mol. The van der Waals surface area contributed by atoms with E-state index in [1.165, 1.54) is 0 Å². The monoisotopic (exact) mass is 304 g/mol. The number of carbonyl (C=O) groups excluding carboxylic acids is 2. The fourth-order valence-corrected chi connectivity index (χ4v) is 2.45. The van der Waals surface area contributed by atoms with Crippen molar-refractivity contribution in [1.29, 1.82) is 0 Å². The third-order valence-electron chi connectivity index (χ3n) is 3.64. The second-order valence-corrected chi connectivity index (χ2v) is 5.93. The molecule has 2 heterocycles. The topological polar surface area (TPSA) is 65.5 Å². The van der Waals surface area contributed by atoms with Gasteiger partial charge in [-0.15, -0.1) is 0 Å². The number of hydrogen-bond donors (Lipinski definition) is 1. The average molecular weight is 304 g/mol. The first-order valence-corrected chi connectivity index (χ1v) is 7.76. The molecular formula is C16H24N4O2. The summed E-state index contributed by atoms with van der Waals surface area (Å²) in [5, 5.41) is 2.70. The van der Waals surface area contributed by atoms with Gasteiger partial charge in [-0.3, -0.25) is 9.59 Å². The highest BCUT2D eigenvalue weighted by atomic mass is 16.2. The molecule has 1 aromatic heterocycles. The normalized spacial score (nSPS) is 15.0. The van der Waals surface area contributed by atoms with Crippen LogP contribution in [-0.2, 0) is 9.59 Å². The minimum absolute atomic E-state index is 0.0159. The van der Waals surface area contributed by atoms with Crippen LogP contribution in [0.25, 0.3) is 0 Å². The first-order chi connectivity index (χ1) is 10.6. The Morgan fingerprint density at radius 1 is 1.23 bits per heavy atom. The van der Waals surface area contributed by atoms with Gasteiger partial charge in [-0.05, 0) is 18.1 Å². The zero-order valence-corrected chi connectivity index (χ0v) is 13.3. The minimum Gasteiger partial charge on any atom is -0.353 e. The minimum atomic E-state index is -0.0597. The van der Waals surface area contributed by atoms with Gasteiger partial charge in [0.25, 0.3) is 0 Å². The quantitative estimate of drug-likeness (QED) is 0.877. The van der Waals surface area contributed by atoms with Crippen molar-refractivity contribution >= 4 is 17.6 Å². The molecule has 2 amide bonds. The first kappa shape index (κ1) is 16.3. The molecule has 22 heavy (non-hydrogen) atoms. The number of piperazine rings is 1. The smallest absolute Gasteiger partial charge is 0.242 e. The summed E-state index contributed by atoms with van der Waals surface area (Å²) in [5.74, 6) is 1.17. The average Bonchev–Trinajstić information content (AvgIpc) is 2.53.